The molecular formula is C32H35N5O4. The van der Waals surface area contributed by atoms with Crippen LogP contribution in [0.4, 0.5) is 17.1 Å². The van der Waals surface area contributed by atoms with Crippen molar-refractivity contribution >= 4 is 34.0 Å². The number of amides is 1. The van der Waals surface area contributed by atoms with E-state index in [9.17, 15) is 10.1 Å². The van der Waals surface area contributed by atoms with Crippen LogP contribution in [0.5, 0.6) is 11.5 Å². The SMILES string of the molecule is COc1ccc(N(C(=O)c2ccc3c(c2)nc(C)n3C)c2ccc(C(C)(C)C#N)c(N3CCOCC3)c2)cc1OC. The summed E-state index contributed by atoms with van der Waals surface area (Å²) in [5.74, 6) is 1.72. The number of hydrogen-bond acceptors (Lipinski definition) is 7. The maximum absolute atomic E-state index is 14.4. The Morgan fingerprint density at radius 1 is 1.00 bits per heavy atom. The molecule has 0 aliphatic carbocycles. The van der Waals surface area contributed by atoms with Crippen molar-refractivity contribution in [1.29, 1.82) is 5.26 Å². The van der Waals surface area contributed by atoms with Crippen molar-refractivity contribution in [3.8, 4) is 17.6 Å². The average molecular weight is 554 g/mol. The number of carbonyl (C=O) groups excluding carboxylic acids is 1. The molecular weight excluding hydrogens is 518 g/mol. The van der Waals surface area contributed by atoms with Crippen molar-refractivity contribution in [2.75, 3.05) is 50.3 Å². The number of morpholine rings is 1. The lowest BCUT2D eigenvalue weighted by molar-refractivity contribution is 0.0999. The third-order valence-corrected chi connectivity index (χ3v) is 7.72. The highest BCUT2D eigenvalue weighted by Crippen LogP contribution is 2.40. The number of aromatic nitrogens is 2. The highest BCUT2D eigenvalue weighted by molar-refractivity contribution is 6.12. The number of hydrogen-bond donors (Lipinski definition) is 0. The molecule has 1 saturated heterocycles. The second-order valence-corrected chi connectivity index (χ2v) is 10.6. The number of aryl methyl sites for hydroxylation is 2. The van der Waals surface area contributed by atoms with E-state index in [1.54, 1.807) is 31.3 Å². The first-order chi connectivity index (χ1) is 19.7. The molecule has 0 atom stereocenters. The van der Waals surface area contributed by atoms with Gasteiger partial charge in [-0.1, -0.05) is 6.07 Å². The Balaban J connectivity index is 1.69. The molecule has 1 aliphatic rings. The van der Waals surface area contributed by atoms with Crippen LogP contribution in [0.25, 0.3) is 11.0 Å². The minimum absolute atomic E-state index is 0.220. The molecule has 9 nitrogen and oxygen atoms in total. The Labute approximate surface area is 240 Å². The Kier molecular flexibility index (Phi) is 7.61. The van der Waals surface area contributed by atoms with Crippen LogP contribution in [0.2, 0.25) is 0 Å². The van der Waals surface area contributed by atoms with Crippen molar-refractivity contribution in [3.63, 3.8) is 0 Å². The van der Waals surface area contributed by atoms with Gasteiger partial charge in [0.25, 0.3) is 5.91 Å². The summed E-state index contributed by atoms with van der Waals surface area (Å²) < 4.78 is 18.6. The predicted octanol–water partition coefficient (Wildman–Crippen LogP) is 5.52. The number of imidazole rings is 1. The Morgan fingerprint density at radius 2 is 1.68 bits per heavy atom. The van der Waals surface area contributed by atoms with Gasteiger partial charge in [0.2, 0.25) is 0 Å². The van der Waals surface area contributed by atoms with E-state index in [-0.39, 0.29) is 5.91 Å². The van der Waals surface area contributed by atoms with Gasteiger partial charge in [0.15, 0.2) is 11.5 Å². The first kappa shape index (κ1) is 28.0. The maximum atomic E-state index is 14.4. The van der Waals surface area contributed by atoms with Gasteiger partial charge in [0, 0.05) is 37.5 Å². The summed E-state index contributed by atoms with van der Waals surface area (Å²) in [5, 5.41) is 9.99. The molecule has 0 saturated carbocycles. The fraction of sp³-hybridized carbons (Fsp3) is 0.344. The van der Waals surface area contributed by atoms with Gasteiger partial charge in [-0.3, -0.25) is 9.69 Å². The molecule has 5 rings (SSSR count). The molecule has 1 fully saturated rings. The lowest BCUT2D eigenvalue weighted by Gasteiger charge is -2.34. The number of rotatable bonds is 7. The number of nitrogens with zero attached hydrogens (tertiary/aromatic N) is 5. The Hall–Kier alpha value is -4.55. The summed E-state index contributed by atoms with van der Waals surface area (Å²) in [5.41, 5.74) is 4.56. The van der Waals surface area contributed by atoms with E-state index < -0.39 is 5.41 Å². The van der Waals surface area contributed by atoms with Gasteiger partial charge in [-0.25, -0.2) is 4.98 Å². The molecule has 0 N–H and O–H groups in total. The van der Waals surface area contributed by atoms with E-state index in [1.165, 1.54) is 0 Å². The zero-order valence-corrected chi connectivity index (χ0v) is 24.4. The van der Waals surface area contributed by atoms with Gasteiger partial charge < -0.3 is 23.7 Å². The first-order valence-electron chi connectivity index (χ1n) is 13.6. The van der Waals surface area contributed by atoms with Gasteiger partial charge in [-0.15, -0.1) is 0 Å². The lowest BCUT2D eigenvalue weighted by atomic mass is 9.84. The fourth-order valence-electron chi connectivity index (χ4n) is 5.24. The summed E-state index contributed by atoms with van der Waals surface area (Å²) in [6, 6.07) is 19.3. The van der Waals surface area contributed by atoms with Gasteiger partial charge in [-0.2, -0.15) is 5.26 Å². The number of anilines is 3. The summed E-state index contributed by atoms with van der Waals surface area (Å²) in [6.07, 6.45) is 0. The fourth-order valence-corrected chi connectivity index (χ4v) is 5.24. The van der Waals surface area contributed by atoms with Crippen LogP contribution >= 0.6 is 0 Å². The first-order valence-corrected chi connectivity index (χ1v) is 13.6. The van der Waals surface area contributed by atoms with Crippen molar-refractivity contribution in [3.05, 3.63) is 71.5 Å². The summed E-state index contributed by atoms with van der Waals surface area (Å²) in [6.45, 7) is 8.34. The zero-order valence-electron chi connectivity index (χ0n) is 24.4. The summed E-state index contributed by atoms with van der Waals surface area (Å²) in [7, 11) is 5.11. The van der Waals surface area contributed by atoms with E-state index in [0.29, 0.717) is 54.7 Å². The molecule has 3 aromatic carbocycles. The number of methoxy groups -OCH3 is 2. The van der Waals surface area contributed by atoms with Crippen LogP contribution in [0, 0.1) is 18.3 Å². The van der Waals surface area contributed by atoms with Gasteiger partial charge in [0.05, 0.1) is 61.3 Å². The standard InChI is InChI=1S/C32H35N5O4/c1-21-34-26-17-22(7-11-27(26)35(21)4)31(38)37(24-9-12-29(39-5)30(19-24)40-6)23-8-10-25(32(2,3)20-33)28(18-23)36-13-15-41-16-14-36/h7-12,17-19H,13-16H2,1-6H3. The molecule has 0 spiro atoms. The zero-order chi connectivity index (χ0) is 29.3. The lowest BCUT2D eigenvalue weighted by Crippen LogP contribution is -2.38. The predicted molar refractivity (Wildman–Crippen MR) is 160 cm³/mol. The highest BCUT2D eigenvalue weighted by atomic mass is 16.5. The van der Waals surface area contributed by atoms with Crippen LogP contribution in [0.1, 0.15) is 35.6 Å². The smallest absolute Gasteiger partial charge is 0.262 e. The van der Waals surface area contributed by atoms with Crippen molar-refractivity contribution in [2.24, 2.45) is 7.05 Å². The van der Waals surface area contributed by atoms with Crippen molar-refractivity contribution in [1.82, 2.24) is 9.55 Å². The van der Waals surface area contributed by atoms with E-state index in [0.717, 1.165) is 28.1 Å². The molecule has 9 heteroatoms. The number of fused-ring (bicyclic) bond motifs is 1. The molecule has 41 heavy (non-hydrogen) atoms. The highest BCUT2D eigenvalue weighted by Gasteiger charge is 2.29. The molecule has 212 valence electrons. The summed E-state index contributed by atoms with van der Waals surface area (Å²) >= 11 is 0. The quantitative estimate of drug-likeness (QED) is 0.298. The Bertz CT molecular complexity index is 1650. The van der Waals surface area contributed by atoms with Crippen LogP contribution in [-0.4, -0.2) is 56.0 Å². The monoisotopic (exact) mass is 553 g/mol. The number of benzene rings is 3. The largest absolute Gasteiger partial charge is 0.493 e. The number of carbonyl (C=O) groups is 1. The Morgan fingerprint density at radius 3 is 2.37 bits per heavy atom. The summed E-state index contributed by atoms with van der Waals surface area (Å²) in [4.78, 5) is 22.9. The minimum Gasteiger partial charge on any atom is -0.493 e. The third-order valence-electron chi connectivity index (χ3n) is 7.72. The molecule has 2 heterocycles. The number of ether oxygens (including phenoxy) is 3. The van der Waals surface area contributed by atoms with E-state index in [1.807, 2.05) is 74.9 Å². The van der Waals surface area contributed by atoms with Crippen LogP contribution in [0.3, 0.4) is 0 Å². The second-order valence-electron chi connectivity index (χ2n) is 10.6. The number of nitriles is 1. The van der Waals surface area contributed by atoms with Crippen molar-refractivity contribution < 1.29 is 19.0 Å². The third kappa shape index (κ3) is 5.19. The molecule has 1 aliphatic heterocycles. The van der Waals surface area contributed by atoms with Gasteiger partial charge >= 0.3 is 0 Å². The van der Waals surface area contributed by atoms with E-state index >= 15 is 0 Å². The normalized spacial score (nSPS) is 13.6. The topological polar surface area (TPSA) is 92.9 Å². The molecule has 4 aromatic rings. The van der Waals surface area contributed by atoms with Gasteiger partial charge in [-0.05, 0) is 68.8 Å². The van der Waals surface area contributed by atoms with Crippen LogP contribution < -0.4 is 19.3 Å². The minimum atomic E-state index is -0.730. The van der Waals surface area contributed by atoms with Crippen LogP contribution in [-0.2, 0) is 17.2 Å². The van der Waals surface area contributed by atoms with E-state index in [2.05, 4.69) is 16.0 Å². The van der Waals surface area contributed by atoms with E-state index in [4.69, 9.17) is 14.2 Å². The molecule has 0 bridgehead atoms. The maximum Gasteiger partial charge on any atom is 0.262 e. The average Bonchev–Trinajstić information content (AvgIpc) is 3.29. The second kappa shape index (κ2) is 11.1. The molecule has 1 aromatic heterocycles. The molecule has 1 amide bonds. The molecule has 0 unspecified atom stereocenters. The van der Waals surface area contributed by atoms with Crippen molar-refractivity contribution in [2.45, 2.75) is 26.2 Å². The van der Waals surface area contributed by atoms with Gasteiger partial charge in [0.1, 0.15) is 5.82 Å². The van der Waals surface area contributed by atoms with Crippen LogP contribution in [0.15, 0.2) is 54.6 Å². The molecule has 0 radical (unpaired) electrons.